The van der Waals surface area contributed by atoms with Crippen LogP contribution in [-0.4, -0.2) is 41.9 Å². The minimum atomic E-state index is -0.0128. The van der Waals surface area contributed by atoms with Gasteiger partial charge >= 0.3 is 0 Å². The predicted octanol–water partition coefficient (Wildman–Crippen LogP) is 1.14. The number of hydrogen-bond acceptors (Lipinski definition) is 5. The van der Waals surface area contributed by atoms with Gasteiger partial charge in [-0.05, 0) is 25.7 Å². The Labute approximate surface area is 108 Å². The third-order valence-electron chi connectivity index (χ3n) is 3.35. The summed E-state index contributed by atoms with van der Waals surface area (Å²) in [6, 6.07) is 0. The summed E-state index contributed by atoms with van der Waals surface area (Å²) in [5, 5.41) is 9.38. The molecule has 0 amide bonds. The smallest absolute Gasteiger partial charge is 0.137 e. The monoisotopic (exact) mass is 251 g/mol. The average Bonchev–Trinajstić information content (AvgIpc) is 2.39. The number of aliphatic hydroxyl groups excluding tert-OH is 1. The Morgan fingerprint density at radius 3 is 3.11 bits per heavy atom. The van der Waals surface area contributed by atoms with Gasteiger partial charge in [-0.2, -0.15) is 0 Å². The number of hydrogen-bond donors (Lipinski definition) is 1. The van der Waals surface area contributed by atoms with Crippen LogP contribution in [0.15, 0.2) is 6.20 Å². The van der Waals surface area contributed by atoms with E-state index in [0.29, 0.717) is 5.92 Å². The number of piperidine rings is 1. The summed E-state index contributed by atoms with van der Waals surface area (Å²) in [7, 11) is 1.74. The van der Waals surface area contributed by atoms with Crippen LogP contribution in [0.4, 0.5) is 5.82 Å². The summed E-state index contributed by atoms with van der Waals surface area (Å²) in [6.07, 6.45) is 4.06. The molecular weight excluding hydrogens is 230 g/mol. The topological polar surface area (TPSA) is 58.5 Å². The van der Waals surface area contributed by atoms with Crippen LogP contribution in [0.5, 0.6) is 0 Å². The average molecular weight is 251 g/mol. The number of aromatic nitrogens is 2. The van der Waals surface area contributed by atoms with Gasteiger partial charge in [0.05, 0.1) is 13.2 Å². The second kappa shape index (κ2) is 6.11. The van der Waals surface area contributed by atoms with Crippen molar-refractivity contribution >= 4 is 5.82 Å². The first-order valence-corrected chi connectivity index (χ1v) is 6.42. The molecule has 1 unspecified atom stereocenters. The van der Waals surface area contributed by atoms with E-state index >= 15 is 0 Å². The molecule has 100 valence electrons. The fourth-order valence-electron chi connectivity index (χ4n) is 2.50. The standard InChI is InChI=1S/C13H21N3O2/c1-10-14-6-12(8-17)13(15-10)16-5-3-4-11(7-16)9-18-2/h6,11,17H,3-5,7-9H2,1-2H3. The Hall–Kier alpha value is -1.20. The first-order chi connectivity index (χ1) is 8.74. The zero-order valence-corrected chi connectivity index (χ0v) is 11.1. The van der Waals surface area contributed by atoms with Gasteiger partial charge in [-0.3, -0.25) is 0 Å². The number of aliphatic hydroxyl groups is 1. The molecule has 0 aliphatic carbocycles. The number of anilines is 1. The maximum atomic E-state index is 9.38. The molecule has 5 heteroatoms. The van der Waals surface area contributed by atoms with Crippen LogP contribution >= 0.6 is 0 Å². The number of nitrogens with zero attached hydrogens (tertiary/aromatic N) is 3. The zero-order chi connectivity index (χ0) is 13.0. The lowest BCUT2D eigenvalue weighted by atomic mass is 9.98. The lowest BCUT2D eigenvalue weighted by Crippen LogP contribution is -2.38. The zero-order valence-electron chi connectivity index (χ0n) is 11.1. The number of ether oxygens (including phenoxy) is 1. The van der Waals surface area contributed by atoms with Crippen molar-refractivity contribution in [3.8, 4) is 0 Å². The molecule has 0 saturated carbocycles. The molecule has 0 bridgehead atoms. The van der Waals surface area contributed by atoms with Gasteiger partial charge in [0.15, 0.2) is 0 Å². The molecule has 1 aliphatic rings. The molecule has 18 heavy (non-hydrogen) atoms. The van der Waals surface area contributed by atoms with E-state index in [1.807, 2.05) is 6.92 Å². The van der Waals surface area contributed by atoms with Crippen molar-refractivity contribution in [2.45, 2.75) is 26.4 Å². The highest BCUT2D eigenvalue weighted by molar-refractivity contribution is 5.46. The molecule has 1 atom stereocenters. The van der Waals surface area contributed by atoms with Crippen molar-refractivity contribution in [2.75, 3.05) is 31.7 Å². The maximum absolute atomic E-state index is 9.38. The van der Waals surface area contributed by atoms with Crippen LogP contribution in [0, 0.1) is 12.8 Å². The Kier molecular flexibility index (Phi) is 4.49. The van der Waals surface area contributed by atoms with Gasteiger partial charge in [0, 0.05) is 32.0 Å². The highest BCUT2D eigenvalue weighted by Gasteiger charge is 2.22. The molecule has 1 saturated heterocycles. The fraction of sp³-hybridized carbons (Fsp3) is 0.692. The van der Waals surface area contributed by atoms with E-state index in [-0.39, 0.29) is 6.61 Å². The second-order valence-corrected chi connectivity index (χ2v) is 4.83. The quantitative estimate of drug-likeness (QED) is 0.869. The normalized spacial score (nSPS) is 20.2. The van der Waals surface area contributed by atoms with E-state index in [2.05, 4.69) is 14.9 Å². The first kappa shape index (κ1) is 13.2. The molecule has 1 fully saturated rings. The minimum Gasteiger partial charge on any atom is -0.391 e. The SMILES string of the molecule is COCC1CCCN(c2nc(C)ncc2CO)C1. The van der Waals surface area contributed by atoms with E-state index in [0.717, 1.165) is 43.3 Å². The second-order valence-electron chi connectivity index (χ2n) is 4.83. The molecule has 5 nitrogen and oxygen atoms in total. The molecule has 0 radical (unpaired) electrons. The fourth-order valence-corrected chi connectivity index (χ4v) is 2.50. The summed E-state index contributed by atoms with van der Waals surface area (Å²) < 4.78 is 5.24. The summed E-state index contributed by atoms with van der Waals surface area (Å²) >= 11 is 0. The van der Waals surface area contributed by atoms with Gasteiger partial charge in [-0.25, -0.2) is 9.97 Å². The van der Waals surface area contributed by atoms with Gasteiger partial charge in [0.25, 0.3) is 0 Å². The van der Waals surface area contributed by atoms with Crippen molar-refractivity contribution in [3.05, 3.63) is 17.6 Å². The van der Waals surface area contributed by atoms with Crippen LogP contribution in [-0.2, 0) is 11.3 Å². The molecule has 1 aromatic heterocycles. The van der Waals surface area contributed by atoms with Gasteiger partial charge in [0.1, 0.15) is 11.6 Å². The highest BCUT2D eigenvalue weighted by atomic mass is 16.5. The maximum Gasteiger partial charge on any atom is 0.137 e. The Balaban J connectivity index is 2.17. The molecule has 2 heterocycles. The third kappa shape index (κ3) is 2.97. The van der Waals surface area contributed by atoms with E-state index in [1.165, 1.54) is 6.42 Å². The van der Waals surface area contributed by atoms with Crippen LogP contribution in [0.1, 0.15) is 24.2 Å². The molecule has 1 aliphatic heterocycles. The summed E-state index contributed by atoms with van der Waals surface area (Å²) in [4.78, 5) is 10.9. The largest absolute Gasteiger partial charge is 0.391 e. The summed E-state index contributed by atoms with van der Waals surface area (Å²) in [6.45, 7) is 4.58. The summed E-state index contributed by atoms with van der Waals surface area (Å²) in [5.74, 6) is 2.17. The number of aryl methyl sites for hydroxylation is 1. The molecule has 0 spiro atoms. The first-order valence-electron chi connectivity index (χ1n) is 6.42. The summed E-state index contributed by atoms with van der Waals surface area (Å²) in [5.41, 5.74) is 0.804. The van der Waals surface area contributed by atoms with Crippen LogP contribution in [0.3, 0.4) is 0 Å². The Bertz CT molecular complexity index is 396. The van der Waals surface area contributed by atoms with E-state index in [9.17, 15) is 5.11 Å². The Morgan fingerprint density at radius 1 is 1.56 bits per heavy atom. The molecular formula is C13H21N3O2. The molecule has 0 aromatic carbocycles. The van der Waals surface area contributed by atoms with Crippen molar-refractivity contribution in [1.82, 2.24) is 9.97 Å². The van der Waals surface area contributed by atoms with Gasteiger partial charge in [0.2, 0.25) is 0 Å². The van der Waals surface area contributed by atoms with E-state index in [4.69, 9.17) is 4.74 Å². The number of methoxy groups -OCH3 is 1. The van der Waals surface area contributed by atoms with Crippen molar-refractivity contribution in [2.24, 2.45) is 5.92 Å². The van der Waals surface area contributed by atoms with Gasteiger partial charge < -0.3 is 14.7 Å². The lowest BCUT2D eigenvalue weighted by molar-refractivity contribution is 0.143. The predicted molar refractivity (Wildman–Crippen MR) is 69.5 cm³/mol. The minimum absolute atomic E-state index is 0.0128. The highest BCUT2D eigenvalue weighted by Crippen LogP contribution is 2.24. The van der Waals surface area contributed by atoms with Crippen molar-refractivity contribution < 1.29 is 9.84 Å². The molecule has 2 rings (SSSR count). The third-order valence-corrected chi connectivity index (χ3v) is 3.35. The van der Waals surface area contributed by atoms with Crippen molar-refractivity contribution in [3.63, 3.8) is 0 Å². The van der Waals surface area contributed by atoms with Crippen molar-refractivity contribution in [1.29, 1.82) is 0 Å². The van der Waals surface area contributed by atoms with Crippen LogP contribution < -0.4 is 4.90 Å². The molecule has 1 N–H and O–H groups in total. The Morgan fingerprint density at radius 2 is 2.39 bits per heavy atom. The molecule has 1 aromatic rings. The van der Waals surface area contributed by atoms with Crippen LogP contribution in [0.2, 0.25) is 0 Å². The van der Waals surface area contributed by atoms with Gasteiger partial charge in [-0.15, -0.1) is 0 Å². The number of rotatable bonds is 4. The van der Waals surface area contributed by atoms with E-state index in [1.54, 1.807) is 13.3 Å². The van der Waals surface area contributed by atoms with Gasteiger partial charge in [-0.1, -0.05) is 0 Å². The van der Waals surface area contributed by atoms with E-state index < -0.39 is 0 Å². The lowest BCUT2D eigenvalue weighted by Gasteiger charge is -2.34. The van der Waals surface area contributed by atoms with Crippen LogP contribution in [0.25, 0.3) is 0 Å².